The van der Waals surface area contributed by atoms with Crippen LogP contribution in [0.3, 0.4) is 0 Å². The number of carbonyl (C=O) groups excluding carboxylic acids is 2. The quantitative estimate of drug-likeness (QED) is 0.305. The molecule has 3 rings (SSSR count). The molecule has 2 heterocycles. The van der Waals surface area contributed by atoms with Crippen LogP contribution in [0.15, 0.2) is 53.9 Å². The van der Waals surface area contributed by atoms with Gasteiger partial charge in [0.05, 0.1) is 38.0 Å². The second kappa shape index (κ2) is 10.3. The highest BCUT2D eigenvalue weighted by atomic mass is 16.5. The molecule has 28 heavy (non-hydrogen) atoms. The smallest absolute Gasteiger partial charge is 0.345 e. The van der Waals surface area contributed by atoms with Gasteiger partial charge in [-0.2, -0.15) is 5.10 Å². The van der Waals surface area contributed by atoms with Gasteiger partial charge in [-0.25, -0.2) is 10.2 Å². The molecule has 0 radical (unpaired) electrons. The average molecular weight is 383 g/mol. The van der Waals surface area contributed by atoms with E-state index in [0.29, 0.717) is 17.7 Å². The predicted octanol–water partition coefficient (Wildman–Crippen LogP) is 0.0561. The molecule has 0 spiro atoms. The van der Waals surface area contributed by atoms with Crippen LogP contribution in [0.2, 0.25) is 0 Å². The minimum absolute atomic E-state index is 0.114. The SMILES string of the molecule is O=C(CC[NH+]1CCOCC1)N/N=C\c1ccc(OC(=O)c2cccnc2)cc1. The summed E-state index contributed by atoms with van der Waals surface area (Å²) in [5, 5.41) is 3.97. The highest BCUT2D eigenvalue weighted by Gasteiger charge is 2.14. The number of rotatable bonds is 7. The minimum atomic E-state index is -0.468. The van der Waals surface area contributed by atoms with Crippen molar-refractivity contribution in [2.24, 2.45) is 5.10 Å². The van der Waals surface area contributed by atoms with Crippen molar-refractivity contribution >= 4 is 18.1 Å². The molecule has 0 saturated carbocycles. The molecule has 2 N–H and O–H groups in total. The number of hydrazone groups is 1. The molecule has 1 aromatic heterocycles. The van der Waals surface area contributed by atoms with Crippen LogP contribution in [0.1, 0.15) is 22.3 Å². The summed E-state index contributed by atoms with van der Waals surface area (Å²) in [7, 11) is 0. The fraction of sp³-hybridized carbons (Fsp3) is 0.300. The summed E-state index contributed by atoms with van der Waals surface area (Å²) in [6.45, 7) is 4.16. The first-order valence-electron chi connectivity index (χ1n) is 9.16. The fourth-order valence-electron chi connectivity index (χ4n) is 2.71. The third kappa shape index (κ3) is 6.26. The average Bonchev–Trinajstić information content (AvgIpc) is 2.75. The third-order valence-corrected chi connectivity index (χ3v) is 4.30. The van der Waals surface area contributed by atoms with Gasteiger partial charge < -0.3 is 14.4 Å². The lowest BCUT2D eigenvalue weighted by molar-refractivity contribution is -0.907. The Kier molecular flexibility index (Phi) is 7.22. The molecule has 1 fully saturated rings. The molecule has 0 aliphatic carbocycles. The van der Waals surface area contributed by atoms with E-state index in [2.05, 4.69) is 15.5 Å². The number of benzene rings is 1. The molecule has 8 nitrogen and oxygen atoms in total. The highest BCUT2D eigenvalue weighted by Crippen LogP contribution is 2.13. The molecule has 146 valence electrons. The Morgan fingerprint density at radius 2 is 2.00 bits per heavy atom. The molecule has 1 aromatic carbocycles. The van der Waals surface area contributed by atoms with Gasteiger partial charge >= 0.3 is 5.97 Å². The van der Waals surface area contributed by atoms with Crippen molar-refractivity contribution in [3.8, 4) is 5.75 Å². The summed E-state index contributed by atoms with van der Waals surface area (Å²) in [4.78, 5) is 29.1. The maximum Gasteiger partial charge on any atom is 0.345 e. The van der Waals surface area contributed by atoms with Gasteiger partial charge in [0.1, 0.15) is 18.8 Å². The van der Waals surface area contributed by atoms with E-state index in [-0.39, 0.29) is 5.91 Å². The van der Waals surface area contributed by atoms with Crippen LogP contribution in [0.5, 0.6) is 5.75 Å². The van der Waals surface area contributed by atoms with Crippen molar-refractivity contribution in [2.75, 3.05) is 32.8 Å². The van der Waals surface area contributed by atoms with Crippen molar-refractivity contribution in [2.45, 2.75) is 6.42 Å². The zero-order valence-corrected chi connectivity index (χ0v) is 15.5. The maximum atomic E-state index is 12.0. The largest absolute Gasteiger partial charge is 0.423 e. The Balaban J connectivity index is 1.42. The Morgan fingerprint density at radius 1 is 1.21 bits per heavy atom. The van der Waals surface area contributed by atoms with E-state index in [0.717, 1.165) is 38.4 Å². The van der Waals surface area contributed by atoms with Gasteiger partial charge in [-0.1, -0.05) is 0 Å². The van der Waals surface area contributed by atoms with E-state index < -0.39 is 5.97 Å². The molecule has 0 unspecified atom stereocenters. The number of quaternary nitrogens is 1. The van der Waals surface area contributed by atoms with Crippen molar-refractivity contribution in [3.05, 3.63) is 59.9 Å². The van der Waals surface area contributed by atoms with E-state index in [4.69, 9.17) is 9.47 Å². The van der Waals surface area contributed by atoms with Crippen LogP contribution in [-0.4, -0.2) is 55.9 Å². The fourth-order valence-corrected chi connectivity index (χ4v) is 2.71. The van der Waals surface area contributed by atoms with Crippen molar-refractivity contribution in [1.82, 2.24) is 10.4 Å². The van der Waals surface area contributed by atoms with E-state index in [1.165, 1.54) is 11.1 Å². The molecule has 1 amide bonds. The van der Waals surface area contributed by atoms with Crippen molar-refractivity contribution in [1.29, 1.82) is 0 Å². The first-order chi connectivity index (χ1) is 13.7. The van der Waals surface area contributed by atoms with Gasteiger partial charge in [0, 0.05) is 12.4 Å². The number of amides is 1. The van der Waals surface area contributed by atoms with E-state index in [1.807, 2.05) is 0 Å². The summed E-state index contributed by atoms with van der Waals surface area (Å²) < 4.78 is 10.6. The Labute approximate surface area is 163 Å². The lowest BCUT2D eigenvalue weighted by Gasteiger charge is -2.23. The topological polar surface area (TPSA) is 94.3 Å². The van der Waals surface area contributed by atoms with Gasteiger partial charge in [-0.05, 0) is 42.0 Å². The van der Waals surface area contributed by atoms with E-state index >= 15 is 0 Å². The molecular weight excluding hydrogens is 360 g/mol. The minimum Gasteiger partial charge on any atom is -0.423 e. The normalized spacial score (nSPS) is 14.7. The second-order valence-electron chi connectivity index (χ2n) is 6.36. The summed E-state index contributed by atoms with van der Waals surface area (Å²) >= 11 is 0. The summed E-state index contributed by atoms with van der Waals surface area (Å²) in [6, 6.07) is 10.1. The van der Waals surface area contributed by atoms with E-state index in [1.54, 1.807) is 48.8 Å². The second-order valence-corrected chi connectivity index (χ2v) is 6.36. The number of ether oxygens (including phenoxy) is 2. The Morgan fingerprint density at radius 3 is 2.71 bits per heavy atom. The number of pyridine rings is 1. The van der Waals surface area contributed by atoms with E-state index in [9.17, 15) is 9.59 Å². The van der Waals surface area contributed by atoms with Crippen LogP contribution in [0.25, 0.3) is 0 Å². The zero-order chi connectivity index (χ0) is 19.6. The summed E-state index contributed by atoms with van der Waals surface area (Å²) in [5.41, 5.74) is 3.69. The van der Waals surface area contributed by atoms with Crippen LogP contribution >= 0.6 is 0 Å². The summed E-state index contributed by atoms with van der Waals surface area (Å²) in [5.74, 6) is -0.162. The third-order valence-electron chi connectivity index (χ3n) is 4.30. The van der Waals surface area contributed by atoms with Gasteiger partial charge in [-0.3, -0.25) is 9.78 Å². The number of hydrogen-bond donors (Lipinski definition) is 2. The van der Waals surface area contributed by atoms with Crippen LogP contribution in [0.4, 0.5) is 0 Å². The monoisotopic (exact) mass is 383 g/mol. The maximum absolute atomic E-state index is 12.0. The van der Waals surface area contributed by atoms with Gasteiger partial charge in [0.2, 0.25) is 5.91 Å². The number of hydrogen-bond acceptors (Lipinski definition) is 6. The van der Waals surface area contributed by atoms with Gasteiger partial charge in [0.15, 0.2) is 0 Å². The first-order valence-corrected chi connectivity index (χ1v) is 9.16. The molecule has 8 heteroatoms. The van der Waals surface area contributed by atoms with Gasteiger partial charge in [0.25, 0.3) is 0 Å². The number of carbonyl (C=O) groups is 2. The Bertz CT molecular complexity index is 803. The summed E-state index contributed by atoms with van der Waals surface area (Å²) in [6.07, 6.45) is 5.02. The molecule has 0 atom stereocenters. The molecule has 2 aromatic rings. The molecule has 1 aliphatic rings. The van der Waals surface area contributed by atoms with Crippen LogP contribution < -0.4 is 15.1 Å². The lowest BCUT2D eigenvalue weighted by Crippen LogP contribution is -3.14. The number of nitrogens with zero attached hydrogens (tertiary/aromatic N) is 2. The Hall–Kier alpha value is -3.10. The highest BCUT2D eigenvalue weighted by molar-refractivity contribution is 5.90. The van der Waals surface area contributed by atoms with Crippen molar-refractivity contribution in [3.63, 3.8) is 0 Å². The van der Waals surface area contributed by atoms with Gasteiger partial charge in [-0.15, -0.1) is 0 Å². The molecule has 0 bridgehead atoms. The number of aromatic nitrogens is 1. The lowest BCUT2D eigenvalue weighted by atomic mass is 10.2. The van der Waals surface area contributed by atoms with Crippen LogP contribution in [0, 0.1) is 0 Å². The standard InChI is InChI=1S/C20H22N4O4/c25-19(7-9-24-10-12-27-13-11-24)23-22-14-16-3-5-18(6-4-16)28-20(26)17-2-1-8-21-15-17/h1-6,8,14-15H,7,9-13H2,(H,23,25)/p+1/b22-14-. The number of morpholine rings is 1. The molecule has 1 aliphatic heterocycles. The van der Waals surface area contributed by atoms with Crippen molar-refractivity contribution < 1.29 is 24.0 Å². The molecular formula is C20H23N4O4+. The first kappa shape index (κ1) is 19.7. The number of nitrogens with one attached hydrogen (secondary N) is 2. The predicted molar refractivity (Wildman–Crippen MR) is 102 cm³/mol. The number of esters is 1. The zero-order valence-electron chi connectivity index (χ0n) is 15.5. The van der Waals surface area contributed by atoms with Crippen LogP contribution in [-0.2, 0) is 9.53 Å². The molecule has 1 saturated heterocycles.